The first-order valence-corrected chi connectivity index (χ1v) is 9.37. The van der Waals surface area contributed by atoms with Crippen LogP contribution in [-0.4, -0.2) is 18.7 Å². The van der Waals surface area contributed by atoms with Crippen molar-refractivity contribution < 1.29 is 4.74 Å². The van der Waals surface area contributed by atoms with Crippen molar-refractivity contribution in [2.75, 3.05) is 7.11 Å². The molecule has 4 rings (SSSR count). The summed E-state index contributed by atoms with van der Waals surface area (Å²) in [5.41, 5.74) is 9.05. The summed E-state index contributed by atoms with van der Waals surface area (Å²) in [6.07, 6.45) is 0. The Labute approximate surface area is 166 Å². The lowest BCUT2D eigenvalue weighted by molar-refractivity contribution is 0.415. The number of methoxy groups -OCH3 is 1. The molecule has 1 heterocycles. The normalized spacial score (nSPS) is 13.0. The molecule has 0 radical (unpaired) electrons. The monoisotopic (exact) mass is 419 g/mol. The summed E-state index contributed by atoms with van der Waals surface area (Å²) in [4.78, 5) is 4.83. The van der Waals surface area contributed by atoms with Crippen LogP contribution in [0.3, 0.4) is 0 Å². The van der Waals surface area contributed by atoms with Crippen LogP contribution in [0.25, 0.3) is 0 Å². The molecule has 3 aromatic carbocycles. The fourth-order valence-corrected chi connectivity index (χ4v) is 3.28. The Bertz CT molecular complexity index is 1040. The maximum atomic E-state index is 5.24. The largest absolute Gasteiger partial charge is 0.497 e. The summed E-state index contributed by atoms with van der Waals surface area (Å²) in [5.74, 6) is 1.50. The van der Waals surface area contributed by atoms with Crippen LogP contribution >= 0.6 is 15.9 Å². The lowest BCUT2D eigenvalue weighted by Crippen LogP contribution is -2.19. The third kappa shape index (κ3) is 3.64. The van der Waals surface area contributed by atoms with E-state index in [1.54, 1.807) is 7.11 Å². The minimum Gasteiger partial charge on any atom is -0.497 e. The predicted molar refractivity (Wildman–Crippen MR) is 113 cm³/mol. The van der Waals surface area contributed by atoms with E-state index in [-0.39, 0.29) is 0 Å². The third-order valence-corrected chi connectivity index (χ3v) is 4.90. The second-order valence-electron chi connectivity index (χ2n) is 6.29. The number of aliphatic imine (C=N–C) groups is 1. The Morgan fingerprint density at radius 2 is 1.59 bits per heavy atom. The van der Waals surface area contributed by atoms with Gasteiger partial charge in [-0.25, -0.2) is 4.99 Å². The Morgan fingerprint density at radius 3 is 2.30 bits per heavy atom. The molecule has 0 spiro atoms. The van der Waals surface area contributed by atoms with Gasteiger partial charge < -0.3 is 4.74 Å². The molecule has 0 aromatic heterocycles. The predicted octanol–water partition coefficient (Wildman–Crippen LogP) is 5.20. The number of amidine groups is 1. The number of hydrazone groups is 1. The summed E-state index contributed by atoms with van der Waals surface area (Å²) >= 11 is 3.57. The molecular weight excluding hydrogens is 402 g/mol. The molecule has 3 aromatic rings. The minimum absolute atomic E-state index is 0.698. The minimum atomic E-state index is 0.698. The van der Waals surface area contributed by atoms with E-state index in [0.29, 0.717) is 5.84 Å². The van der Waals surface area contributed by atoms with Gasteiger partial charge in [-0.1, -0.05) is 45.8 Å². The number of benzene rings is 3. The molecule has 0 aliphatic carbocycles. The molecule has 27 heavy (non-hydrogen) atoms. The molecule has 0 unspecified atom stereocenters. The van der Waals surface area contributed by atoms with Crippen LogP contribution < -0.4 is 10.2 Å². The van der Waals surface area contributed by atoms with Crippen molar-refractivity contribution in [3.8, 4) is 5.75 Å². The van der Waals surface area contributed by atoms with Crippen LogP contribution in [0, 0.1) is 6.92 Å². The topological polar surface area (TPSA) is 46.0 Å². The van der Waals surface area contributed by atoms with Gasteiger partial charge >= 0.3 is 0 Å². The molecule has 134 valence electrons. The lowest BCUT2D eigenvalue weighted by Gasteiger charge is -2.08. The third-order valence-electron chi connectivity index (χ3n) is 4.41. The molecular formula is C22H18BrN3O. The highest BCUT2D eigenvalue weighted by Gasteiger charge is 2.17. The fourth-order valence-electron chi connectivity index (χ4n) is 2.92. The molecule has 0 fully saturated rings. The van der Waals surface area contributed by atoms with Gasteiger partial charge in [0.2, 0.25) is 0 Å². The van der Waals surface area contributed by atoms with E-state index >= 15 is 0 Å². The number of hydrogen-bond acceptors (Lipinski definition) is 4. The second kappa shape index (κ2) is 7.37. The van der Waals surface area contributed by atoms with Crippen molar-refractivity contribution >= 4 is 33.2 Å². The zero-order chi connectivity index (χ0) is 18.8. The zero-order valence-electron chi connectivity index (χ0n) is 15.0. The second-order valence-corrected chi connectivity index (χ2v) is 7.20. The summed E-state index contributed by atoms with van der Waals surface area (Å²) in [6.45, 7) is 2.08. The highest BCUT2D eigenvalue weighted by atomic mass is 79.9. The van der Waals surface area contributed by atoms with E-state index in [0.717, 1.165) is 38.3 Å². The average Bonchev–Trinajstić information content (AvgIpc) is 2.88. The molecule has 4 nitrogen and oxygen atoms in total. The van der Waals surface area contributed by atoms with Crippen LogP contribution in [0.15, 0.2) is 81.3 Å². The van der Waals surface area contributed by atoms with E-state index in [1.165, 1.54) is 5.56 Å². The van der Waals surface area contributed by atoms with Crippen LogP contribution in [0.4, 0.5) is 5.69 Å². The van der Waals surface area contributed by atoms with Crippen LogP contribution in [0.2, 0.25) is 0 Å². The number of rotatable bonds is 3. The highest BCUT2D eigenvalue weighted by molar-refractivity contribution is 9.10. The van der Waals surface area contributed by atoms with Gasteiger partial charge in [-0.15, -0.1) is 0 Å². The van der Waals surface area contributed by atoms with Gasteiger partial charge in [-0.2, -0.15) is 5.10 Å². The Balaban J connectivity index is 1.82. The molecule has 1 aliphatic heterocycles. The van der Waals surface area contributed by atoms with Gasteiger partial charge in [0.15, 0.2) is 5.84 Å². The first kappa shape index (κ1) is 17.5. The van der Waals surface area contributed by atoms with Gasteiger partial charge in [0, 0.05) is 21.2 Å². The lowest BCUT2D eigenvalue weighted by atomic mass is 10.00. The Hall–Kier alpha value is -2.92. The van der Waals surface area contributed by atoms with Crippen molar-refractivity contribution in [1.82, 2.24) is 5.43 Å². The first-order chi connectivity index (χ1) is 13.1. The fraction of sp³-hybridized carbons (Fsp3) is 0.0909. The maximum absolute atomic E-state index is 5.24. The Morgan fingerprint density at radius 1 is 0.889 bits per heavy atom. The number of halogens is 1. The molecule has 5 heteroatoms. The maximum Gasteiger partial charge on any atom is 0.154 e. The van der Waals surface area contributed by atoms with Crippen LogP contribution in [0.5, 0.6) is 5.75 Å². The molecule has 1 N–H and O–H groups in total. The van der Waals surface area contributed by atoms with E-state index < -0.39 is 0 Å². The number of fused-ring (bicyclic) bond motifs is 1. The number of hydrogen-bond donors (Lipinski definition) is 1. The van der Waals surface area contributed by atoms with Crippen molar-refractivity contribution in [3.05, 3.63) is 93.5 Å². The summed E-state index contributed by atoms with van der Waals surface area (Å²) in [6, 6.07) is 22.1. The van der Waals surface area contributed by atoms with Crippen LogP contribution in [0.1, 0.15) is 22.3 Å². The summed E-state index contributed by atoms with van der Waals surface area (Å²) in [7, 11) is 1.66. The summed E-state index contributed by atoms with van der Waals surface area (Å²) < 4.78 is 6.23. The molecule has 0 atom stereocenters. The zero-order valence-corrected chi connectivity index (χ0v) is 16.6. The molecule has 1 aliphatic rings. The van der Waals surface area contributed by atoms with E-state index in [1.807, 2.05) is 36.4 Å². The molecule has 0 amide bonds. The van der Waals surface area contributed by atoms with Crippen molar-refractivity contribution in [1.29, 1.82) is 0 Å². The quantitative estimate of drug-likeness (QED) is 0.633. The van der Waals surface area contributed by atoms with Gasteiger partial charge in [0.05, 0.1) is 12.8 Å². The van der Waals surface area contributed by atoms with Gasteiger partial charge in [0.1, 0.15) is 11.5 Å². The van der Waals surface area contributed by atoms with Gasteiger partial charge in [-0.3, -0.25) is 5.43 Å². The van der Waals surface area contributed by atoms with E-state index in [2.05, 4.69) is 63.7 Å². The summed E-state index contributed by atoms with van der Waals surface area (Å²) in [5, 5.41) is 4.69. The molecule has 0 saturated carbocycles. The van der Waals surface area contributed by atoms with E-state index in [9.17, 15) is 0 Å². The highest BCUT2D eigenvalue weighted by Crippen LogP contribution is 2.29. The van der Waals surface area contributed by atoms with Crippen molar-refractivity contribution in [2.24, 2.45) is 10.1 Å². The number of ether oxygens (including phenoxy) is 1. The number of nitrogens with zero attached hydrogens (tertiary/aromatic N) is 2. The smallest absolute Gasteiger partial charge is 0.154 e. The molecule has 0 saturated heterocycles. The Kier molecular flexibility index (Phi) is 4.77. The standard InChI is InChI=1S/C22H18BrN3O/c1-14-3-5-15(6-4-14)21-19-13-17(23)9-12-20(19)24-22(26-25-21)16-7-10-18(27-2)11-8-16/h3-13H,1-2H3,(H,24,26). The first-order valence-electron chi connectivity index (χ1n) is 8.58. The van der Waals surface area contributed by atoms with Crippen LogP contribution in [-0.2, 0) is 0 Å². The average molecular weight is 420 g/mol. The van der Waals surface area contributed by atoms with Crippen molar-refractivity contribution in [2.45, 2.75) is 6.92 Å². The number of nitrogens with one attached hydrogen (secondary N) is 1. The van der Waals surface area contributed by atoms with E-state index in [4.69, 9.17) is 9.73 Å². The van der Waals surface area contributed by atoms with Gasteiger partial charge in [-0.05, 0) is 49.4 Å². The number of aryl methyl sites for hydroxylation is 1. The molecule has 0 bridgehead atoms. The van der Waals surface area contributed by atoms with Gasteiger partial charge in [0.25, 0.3) is 0 Å². The SMILES string of the molecule is COc1ccc(C2=Nc3ccc(Br)cc3C(c3ccc(C)cc3)=NN2)cc1. The van der Waals surface area contributed by atoms with Crippen molar-refractivity contribution in [3.63, 3.8) is 0 Å².